The highest BCUT2D eigenvalue weighted by atomic mass is 35.5. The topological polar surface area (TPSA) is 82.9 Å². The molecule has 1 aromatic carbocycles. The molecule has 0 bridgehead atoms. The number of carbonyl (C=O) groups is 2. The van der Waals surface area contributed by atoms with Crippen LogP contribution in [0.1, 0.15) is 71.0 Å². The molecule has 1 atom stereocenters. The summed E-state index contributed by atoms with van der Waals surface area (Å²) in [4.78, 5) is 44.2. The van der Waals surface area contributed by atoms with Gasteiger partial charge < -0.3 is 14.9 Å². The molecular formula is C26H27ClFN3O4. The molecule has 6 rings (SSSR count). The van der Waals surface area contributed by atoms with E-state index in [0.717, 1.165) is 32.1 Å². The van der Waals surface area contributed by atoms with E-state index >= 15 is 0 Å². The Bertz CT molecular complexity index is 1330. The van der Waals surface area contributed by atoms with E-state index in [1.165, 1.54) is 21.6 Å². The van der Waals surface area contributed by atoms with Crippen LogP contribution in [0, 0.1) is 17.7 Å². The third kappa shape index (κ3) is 3.25. The van der Waals surface area contributed by atoms with E-state index in [1.54, 1.807) is 6.07 Å². The number of aromatic nitrogens is 1. The summed E-state index contributed by atoms with van der Waals surface area (Å²) in [6, 6.07) is 4.25. The van der Waals surface area contributed by atoms with Gasteiger partial charge in [0, 0.05) is 31.1 Å². The summed E-state index contributed by atoms with van der Waals surface area (Å²) in [6.07, 6.45) is 5.36. The molecule has 0 radical (unpaired) electrons. The Labute approximate surface area is 207 Å². The van der Waals surface area contributed by atoms with Crippen LogP contribution in [-0.4, -0.2) is 44.4 Å². The molecule has 1 N–H and O–H groups in total. The second-order valence-corrected chi connectivity index (χ2v) is 10.9. The van der Waals surface area contributed by atoms with Crippen molar-refractivity contribution < 1.29 is 19.1 Å². The molecule has 35 heavy (non-hydrogen) atoms. The minimum atomic E-state index is -0.831. The smallest absolute Gasteiger partial charge is 0.296 e. The van der Waals surface area contributed by atoms with Gasteiger partial charge in [0.2, 0.25) is 0 Å². The molecule has 7 nitrogen and oxygen atoms in total. The highest BCUT2D eigenvalue weighted by Gasteiger charge is 2.56. The van der Waals surface area contributed by atoms with E-state index < -0.39 is 28.7 Å². The van der Waals surface area contributed by atoms with Crippen molar-refractivity contribution in [2.45, 2.75) is 57.7 Å². The molecule has 184 valence electrons. The number of amides is 2. The van der Waals surface area contributed by atoms with Crippen molar-refractivity contribution in [2.24, 2.45) is 11.8 Å². The molecule has 2 aliphatic carbocycles. The predicted octanol–water partition coefficient (Wildman–Crippen LogP) is 3.88. The lowest BCUT2D eigenvalue weighted by Crippen LogP contribution is -2.55. The van der Waals surface area contributed by atoms with Gasteiger partial charge in [-0.2, -0.15) is 0 Å². The fourth-order valence-corrected chi connectivity index (χ4v) is 6.20. The SMILES string of the molecule is CC1(C2CCC2)N(CC2CC2)C(=O)c2c3c(c(O)c(=O)n21)C(=O)N(Cc1ccc(F)c(Cl)c1)CC3. The van der Waals surface area contributed by atoms with Crippen molar-refractivity contribution in [3.8, 4) is 5.75 Å². The third-order valence-corrected chi connectivity index (χ3v) is 8.70. The monoisotopic (exact) mass is 499 g/mol. The van der Waals surface area contributed by atoms with Gasteiger partial charge in [0.05, 0.1) is 10.6 Å². The number of hydrogen-bond donors (Lipinski definition) is 1. The van der Waals surface area contributed by atoms with Crippen LogP contribution in [0.25, 0.3) is 0 Å². The Balaban J connectivity index is 1.43. The molecule has 0 saturated heterocycles. The number of nitrogens with zero attached hydrogens (tertiary/aromatic N) is 3. The van der Waals surface area contributed by atoms with E-state index in [1.807, 2.05) is 11.8 Å². The van der Waals surface area contributed by atoms with E-state index in [-0.39, 0.29) is 34.6 Å². The summed E-state index contributed by atoms with van der Waals surface area (Å²) in [5.41, 5.74) is -0.250. The van der Waals surface area contributed by atoms with E-state index in [9.17, 15) is 23.9 Å². The Hall–Kier alpha value is -2.87. The van der Waals surface area contributed by atoms with Gasteiger partial charge in [0.25, 0.3) is 17.4 Å². The minimum absolute atomic E-state index is 0.0390. The van der Waals surface area contributed by atoms with E-state index in [2.05, 4.69) is 0 Å². The van der Waals surface area contributed by atoms with Crippen molar-refractivity contribution in [1.82, 2.24) is 14.4 Å². The maximum Gasteiger partial charge on any atom is 0.296 e. The summed E-state index contributed by atoms with van der Waals surface area (Å²) >= 11 is 5.89. The lowest BCUT2D eigenvalue weighted by Gasteiger charge is -2.46. The maximum atomic E-state index is 13.8. The molecule has 3 heterocycles. The Morgan fingerprint density at radius 2 is 1.89 bits per heavy atom. The summed E-state index contributed by atoms with van der Waals surface area (Å²) in [7, 11) is 0. The second-order valence-electron chi connectivity index (χ2n) is 10.5. The first-order valence-electron chi connectivity index (χ1n) is 12.3. The zero-order valence-corrected chi connectivity index (χ0v) is 20.3. The number of fused-ring (bicyclic) bond motifs is 3. The average molecular weight is 500 g/mol. The fourth-order valence-electron chi connectivity index (χ4n) is 6.00. The van der Waals surface area contributed by atoms with Gasteiger partial charge in [-0.25, -0.2) is 4.39 Å². The Morgan fingerprint density at radius 3 is 2.51 bits per heavy atom. The molecule has 2 fully saturated rings. The summed E-state index contributed by atoms with van der Waals surface area (Å²) < 4.78 is 15.1. The largest absolute Gasteiger partial charge is 0.502 e. The summed E-state index contributed by atoms with van der Waals surface area (Å²) in [6.45, 7) is 2.99. The molecule has 2 amide bonds. The first-order valence-corrected chi connectivity index (χ1v) is 12.7. The number of rotatable bonds is 5. The normalized spacial score (nSPS) is 24.0. The molecule has 1 aromatic heterocycles. The molecule has 2 aromatic rings. The third-order valence-electron chi connectivity index (χ3n) is 8.41. The van der Waals surface area contributed by atoms with Gasteiger partial charge in [-0.3, -0.25) is 19.0 Å². The van der Waals surface area contributed by atoms with Gasteiger partial charge in [0.1, 0.15) is 17.2 Å². The standard InChI is InChI=1S/C26H27ClFN3O4/c1-26(16-3-2-4-16)30(13-14-5-6-14)24(34)21-17-9-10-29(12-15-7-8-19(28)18(27)11-15)23(33)20(17)22(32)25(35)31(21)26/h7-8,11,14,16,32H,2-6,9-10,12-13H2,1H3. The van der Waals surface area contributed by atoms with Gasteiger partial charge in [-0.05, 0) is 62.6 Å². The van der Waals surface area contributed by atoms with Crippen LogP contribution < -0.4 is 5.56 Å². The number of hydrogen-bond acceptors (Lipinski definition) is 4. The van der Waals surface area contributed by atoms with Gasteiger partial charge in [-0.15, -0.1) is 0 Å². The van der Waals surface area contributed by atoms with E-state index in [0.29, 0.717) is 36.6 Å². The first kappa shape index (κ1) is 22.6. The molecule has 9 heteroatoms. The summed E-state index contributed by atoms with van der Waals surface area (Å²) in [5, 5.41) is 11.0. The molecule has 2 saturated carbocycles. The van der Waals surface area contributed by atoms with Crippen molar-refractivity contribution in [3.05, 3.63) is 61.8 Å². The highest BCUT2D eigenvalue weighted by Crippen LogP contribution is 2.49. The molecule has 1 unspecified atom stereocenters. The first-order chi connectivity index (χ1) is 16.7. The van der Waals surface area contributed by atoms with Crippen molar-refractivity contribution >= 4 is 23.4 Å². The van der Waals surface area contributed by atoms with Crippen LogP contribution in [-0.2, 0) is 18.6 Å². The van der Waals surface area contributed by atoms with Gasteiger partial charge in [-0.1, -0.05) is 24.1 Å². The highest BCUT2D eigenvalue weighted by molar-refractivity contribution is 6.30. The minimum Gasteiger partial charge on any atom is -0.502 e. The van der Waals surface area contributed by atoms with Crippen molar-refractivity contribution in [3.63, 3.8) is 0 Å². The zero-order chi connectivity index (χ0) is 24.6. The maximum absolute atomic E-state index is 13.8. The lowest BCUT2D eigenvalue weighted by molar-refractivity contribution is -0.0212. The molecular weight excluding hydrogens is 473 g/mol. The fraction of sp³-hybridized carbons (Fsp3) is 0.500. The molecule has 4 aliphatic rings. The van der Waals surface area contributed by atoms with Crippen LogP contribution in [0.4, 0.5) is 4.39 Å². The van der Waals surface area contributed by atoms with Crippen LogP contribution in [0.2, 0.25) is 5.02 Å². The summed E-state index contributed by atoms with van der Waals surface area (Å²) in [5.74, 6) is -1.29. The van der Waals surface area contributed by atoms with Crippen molar-refractivity contribution in [1.29, 1.82) is 0 Å². The number of pyridine rings is 1. The second kappa shape index (κ2) is 7.82. The van der Waals surface area contributed by atoms with Gasteiger partial charge >= 0.3 is 0 Å². The molecule has 2 aliphatic heterocycles. The van der Waals surface area contributed by atoms with Gasteiger partial charge in [0.15, 0.2) is 5.75 Å². The number of carbonyl (C=O) groups excluding carboxylic acids is 2. The quantitative estimate of drug-likeness (QED) is 0.676. The lowest BCUT2D eigenvalue weighted by atomic mass is 9.75. The van der Waals surface area contributed by atoms with Crippen LogP contribution in [0.15, 0.2) is 23.0 Å². The predicted molar refractivity (Wildman–Crippen MR) is 127 cm³/mol. The number of benzene rings is 1. The zero-order valence-electron chi connectivity index (χ0n) is 19.5. The Morgan fingerprint density at radius 1 is 1.14 bits per heavy atom. The molecule has 0 spiro atoms. The van der Waals surface area contributed by atoms with Crippen LogP contribution >= 0.6 is 11.6 Å². The Kier molecular flexibility index (Phi) is 5.04. The average Bonchev–Trinajstić information content (AvgIpc) is 3.57. The van der Waals surface area contributed by atoms with Crippen LogP contribution in [0.5, 0.6) is 5.75 Å². The van der Waals surface area contributed by atoms with Crippen LogP contribution in [0.3, 0.4) is 0 Å². The van der Waals surface area contributed by atoms with Crippen molar-refractivity contribution in [2.75, 3.05) is 13.1 Å². The van der Waals surface area contributed by atoms with E-state index in [4.69, 9.17) is 11.6 Å². The number of aromatic hydroxyl groups is 1. The number of halogens is 2.